The second-order valence-electron chi connectivity index (χ2n) is 7.03. The van der Waals surface area contributed by atoms with Gasteiger partial charge in [0.05, 0.1) is 40.3 Å². The molecule has 0 aliphatic carbocycles. The number of hydrogen-bond acceptors (Lipinski definition) is 7. The van der Waals surface area contributed by atoms with Gasteiger partial charge in [-0.15, -0.1) is 11.3 Å². The van der Waals surface area contributed by atoms with E-state index in [4.69, 9.17) is 24.0 Å². The molecule has 170 valence electrons. The van der Waals surface area contributed by atoms with E-state index in [1.54, 1.807) is 41.7 Å². The molecule has 0 amide bonds. The highest BCUT2D eigenvalue weighted by atomic mass is 32.1. The minimum absolute atomic E-state index is 0.518. The second kappa shape index (κ2) is 9.79. The normalized spacial score (nSPS) is 11.8. The van der Waals surface area contributed by atoms with Gasteiger partial charge in [0.25, 0.3) is 0 Å². The second-order valence-corrected chi connectivity index (χ2v) is 7.87. The van der Waals surface area contributed by atoms with Crippen molar-refractivity contribution in [3.63, 3.8) is 0 Å². The van der Waals surface area contributed by atoms with Gasteiger partial charge in [-0.25, -0.2) is 4.68 Å². The molecule has 0 atom stereocenters. The van der Waals surface area contributed by atoms with Crippen molar-refractivity contribution < 1.29 is 18.9 Å². The third-order valence-corrected chi connectivity index (χ3v) is 6.17. The third kappa shape index (κ3) is 4.29. The van der Waals surface area contributed by atoms with Crippen LogP contribution in [0.5, 0.6) is 23.0 Å². The van der Waals surface area contributed by atoms with Gasteiger partial charge < -0.3 is 18.9 Å². The summed E-state index contributed by atoms with van der Waals surface area (Å²) in [5.74, 6) is 2.49. The van der Waals surface area contributed by atoms with Gasteiger partial charge >= 0.3 is 0 Å². The Bertz CT molecular complexity index is 1390. The van der Waals surface area contributed by atoms with Crippen LogP contribution < -0.4 is 23.7 Å². The van der Waals surface area contributed by atoms with E-state index in [-0.39, 0.29) is 0 Å². The molecule has 0 saturated heterocycles. The average molecular weight is 464 g/mol. The van der Waals surface area contributed by atoms with Crippen molar-refractivity contribution in [3.05, 3.63) is 64.3 Å². The Morgan fingerprint density at radius 2 is 1.58 bits per heavy atom. The van der Waals surface area contributed by atoms with Gasteiger partial charge in [-0.2, -0.15) is 5.10 Å². The van der Waals surface area contributed by atoms with Crippen molar-refractivity contribution in [1.29, 1.82) is 0 Å². The van der Waals surface area contributed by atoms with Crippen LogP contribution in [0.2, 0.25) is 0 Å². The van der Waals surface area contributed by atoms with Crippen LogP contribution in [-0.2, 0) is 0 Å². The van der Waals surface area contributed by atoms with E-state index in [2.05, 4.69) is 34.6 Å². The molecule has 0 fully saturated rings. The molecule has 1 aromatic heterocycles. The molecule has 0 bridgehead atoms. The van der Waals surface area contributed by atoms with Crippen LogP contribution in [0.15, 0.2) is 64.0 Å². The first-order valence-electron chi connectivity index (χ1n) is 10.2. The van der Waals surface area contributed by atoms with E-state index < -0.39 is 0 Å². The van der Waals surface area contributed by atoms with Crippen molar-refractivity contribution >= 4 is 28.3 Å². The predicted molar refractivity (Wildman–Crippen MR) is 132 cm³/mol. The number of thiazole rings is 1. The molecule has 0 aliphatic heterocycles. The largest absolute Gasteiger partial charge is 0.497 e. The molecule has 33 heavy (non-hydrogen) atoms. The number of hydrogen-bond donors (Lipinski definition) is 0. The van der Waals surface area contributed by atoms with Crippen LogP contribution in [0.25, 0.3) is 22.0 Å². The van der Waals surface area contributed by atoms with Crippen molar-refractivity contribution in [2.45, 2.75) is 0 Å². The first-order chi connectivity index (χ1) is 16.1. The zero-order valence-electron chi connectivity index (χ0n) is 19.2. The minimum atomic E-state index is 0.518. The Kier molecular flexibility index (Phi) is 6.65. The molecule has 0 N–H and O–H groups in total. The Morgan fingerprint density at radius 3 is 2.27 bits per heavy atom. The van der Waals surface area contributed by atoms with Crippen molar-refractivity contribution in [3.8, 4) is 34.3 Å². The Labute approximate surface area is 196 Å². The zero-order valence-corrected chi connectivity index (χ0v) is 20.0. The van der Waals surface area contributed by atoms with E-state index in [0.717, 1.165) is 38.1 Å². The third-order valence-electron chi connectivity index (χ3n) is 5.27. The molecule has 0 spiro atoms. The van der Waals surface area contributed by atoms with Crippen molar-refractivity contribution in [2.75, 3.05) is 35.5 Å². The zero-order chi connectivity index (χ0) is 23.4. The highest BCUT2D eigenvalue weighted by molar-refractivity contribution is 7.07. The lowest BCUT2D eigenvalue weighted by Gasteiger charge is -2.13. The fourth-order valence-electron chi connectivity index (χ4n) is 3.62. The van der Waals surface area contributed by atoms with Crippen LogP contribution in [0, 0.1) is 0 Å². The Hall–Kier alpha value is -3.78. The number of aromatic nitrogens is 1. The highest BCUT2D eigenvalue weighted by Crippen LogP contribution is 2.39. The first kappa shape index (κ1) is 22.4. The molecule has 3 aromatic carbocycles. The molecular weight excluding hydrogens is 438 g/mol. The molecule has 8 heteroatoms. The molecule has 4 aromatic rings. The first-order valence-corrected chi connectivity index (χ1v) is 11.1. The maximum absolute atomic E-state index is 5.58. The number of nitrogens with zero attached hydrogens (tertiary/aromatic N) is 3. The van der Waals surface area contributed by atoms with Crippen LogP contribution >= 0.6 is 11.3 Å². The maximum Gasteiger partial charge on any atom is 0.205 e. The summed E-state index contributed by atoms with van der Waals surface area (Å²) in [7, 11) is 8.19. The van der Waals surface area contributed by atoms with Crippen molar-refractivity contribution in [2.24, 2.45) is 10.1 Å². The molecule has 7 nitrogen and oxygen atoms in total. The molecule has 0 radical (unpaired) electrons. The molecule has 1 heterocycles. The van der Waals surface area contributed by atoms with Gasteiger partial charge in [0.15, 0.2) is 11.5 Å². The van der Waals surface area contributed by atoms with Crippen molar-refractivity contribution in [1.82, 2.24) is 4.68 Å². The van der Waals surface area contributed by atoms with E-state index >= 15 is 0 Å². The summed E-state index contributed by atoms with van der Waals surface area (Å²) in [5.41, 5.74) is 2.73. The molecule has 0 saturated carbocycles. The monoisotopic (exact) mass is 463 g/mol. The predicted octanol–water partition coefficient (Wildman–Crippen LogP) is 4.82. The lowest BCUT2D eigenvalue weighted by molar-refractivity contribution is 0.324. The summed E-state index contributed by atoms with van der Waals surface area (Å²) in [6, 6.07) is 16.0. The standard InChI is InChI=1S/C25H25N3O4S/c1-26-25-28(27-14-19-9-11-22(30-3)24(32-5)23(19)31-4)21(15-33-25)18-7-6-17-13-20(29-2)10-8-16(17)12-18/h6-15H,1-5H3. The van der Waals surface area contributed by atoms with E-state index in [9.17, 15) is 0 Å². The van der Waals surface area contributed by atoms with Gasteiger partial charge in [-0.3, -0.25) is 4.99 Å². The number of ether oxygens (including phenoxy) is 4. The van der Waals surface area contributed by atoms with E-state index in [1.165, 1.54) is 11.3 Å². The summed E-state index contributed by atoms with van der Waals surface area (Å²) in [5, 5.41) is 9.02. The smallest absolute Gasteiger partial charge is 0.205 e. The van der Waals surface area contributed by atoms with Gasteiger partial charge in [0.1, 0.15) is 5.75 Å². The summed E-state index contributed by atoms with van der Waals surface area (Å²) >= 11 is 1.53. The summed E-state index contributed by atoms with van der Waals surface area (Å²) in [6.45, 7) is 0. The number of benzene rings is 3. The number of methoxy groups -OCH3 is 4. The quantitative estimate of drug-likeness (QED) is 0.369. The van der Waals surface area contributed by atoms with Gasteiger partial charge in [0, 0.05) is 23.6 Å². The van der Waals surface area contributed by atoms with Crippen LogP contribution in [0.3, 0.4) is 0 Å². The van der Waals surface area contributed by atoms with Gasteiger partial charge in [-0.05, 0) is 41.1 Å². The highest BCUT2D eigenvalue weighted by Gasteiger charge is 2.15. The fraction of sp³-hybridized carbons (Fsp3) is 0.200. The molecule has 0 unspecified atom stereocenters. The Morgan fingerprint density at radius 1 is 0.818 bits per heavy atom. The lowest BCUT2D eigenvalue weighted by atomic mass is 10.1. The van der Waals surface area contributed by atoms with Crippen LogP contribution in [0.4, 0.5) is 0 Å². The molecule has 0 aliphatic rings. The van der Waals surface area contributed by atoms with E-state index in [0.29, 0.717) is 17.2 Å². The molecule has 4 rings (SSSR count). The number of rotatable bonds is 7. The van der Waals surface area contributed by atoms with Gasteiger partial charge in [0.2, 0.25) is 10.6 Å². The van der Waals surface area contributed by atoms with Crippen LogP contribution in [0.1, 0.15) is 5.56 Å². The summed E-state index contributed by atoms with van der Waals surface area (Å²) in [4.78, 5) is 5.17. The minimum Gasteiger partial charge on any atom is -0.497 e. The topological polar surface area (TPSA) is 66.6 Å². The van der Waals surface area contributed by atoms with E-state index in [1.807, 2.05) is 28.9 Å². The van der Waals surface area contributed by atoms with Gasteiger partial charge in [-0.1, -0.05) is 18.2 Å². The number of fused-ring (bicyclic) bond motifs is 1. The summed E-state index contributed by atoms with van der Waals surface area (Å²) < 4.78 is 23.6. The average Bonchev–Trinajstić information content (AvgIpc) is 3.28. The lowest BCUT2D eigenvalue weighted by Crippen LogP contribution is -2.11. The molecular formula is C25H25N3O4S. The maximum atomic E-state index is 5.58. The summed E-state index contributed by atoms with van der Waals surface area (Å²) in [6.07, 6.45) is 1.73. The fourth-order valence-corrected chi connectivity index (χ4v) is 4.42. The van der Waals surface area contributed by atoms with Crippen LogP contribution in [-0.4, -0.2) is 46.4 Å². The SMILES string of the molecule is CN=c1scc(-c2ccc3cc(OC)ccc3c2)n1N=Cc1ccc(OC)c(OC)c1OC. The Balaban J connectivity index is 1.79.